The first-order valence-corrected chi connectivity index (χ1v) is 10.6. The van der Waals surface area contributed by atoms with Crippen LogP contribution in [0.25, 0.3) is 10.8 Å². The standard InChI is InChI=1S/C22H26N2O2S/c1-16(2)14-24(15-21-17(3)7-5-8-18(21)4)27(25,26)22-10-6-9-19-11-12-23-13-20(19)22/h5-13,16H,14-15H2,1-4H3. The summed E-state index contributed by atoms with van der Waals surface area (Å²) in [7, 11) is -3.66. The highest BCUT2D eigenvalue weighted by atomic mass is 32.2. The lowest BCUT2D eigenvalue weighted by atomic mass is 10.0. The lowest BCUT2D eigenvalue weighted by Crippen LogP contribution is -2.34. The molecule has 0 spiro atoms. The summed E-state index contributed by atoms with van der Waals surface area (Å²) in [6.45, 7) is 8.98. The fraction of sp³-hybridized carbons (Fsp3) is 0.318. The Hall–Kier alpha value is -2.24. The van der Waals surface area contributed by atoms with Gasteiger partial charge in [-0.15, -0.1) is 0 Å². The van der Waals surface area contributed by atoms with Gasteiger partial charge >= 0.3 is 0 Å². The Bertz CT molecular complexity index is 1030. The number of fused-ring (bicyclic) bond motifs is 1. The number of aryl methyl sites for hydroxylation is 2. The predicted octanol–water partition coefficient (Wildman–Crippen LogP) is 4.70. The molecule has 4 nitrogen and oxygen atoms in total. The molecule has 0 amide bonds. The summed E-state index contributed by atoms with van der Waals surface area (Å²) in [4.78, 5) is 4.46. The molecule has 27 heavy (non-hydrogen) atoms. The van der Waals surface area contributed by atoms with Crippen LogP contribution in [0.2, 0.25) is 0 Å². The molecule has 0 aliphatic heterocycles. The first kappa shape index (κ1) is 19.5. The zero-order chi connectivity index (χ0) is 19.6. The number of aromatic nitrogens is 1. The van der Waals surface area contributed by atoms with Crippen LogP contribution in [0.5, 0.6) is 0 Å². The normalized spacial score (nSPS) is 12.2. The van der Waals surface area contributed by atoms with E-state index >= 15 is 0 Å². The number of sulfonamides is 1. The fourth-order valence-electron chi connectivity index (χ4n) is 3.38. The van der Waals surface area contributed by atoms with Crippen LogP contribution in [0.15, 0.2) is 59.8 Å². The first-order valence-electron chi connectivity index (χ1n) is 9.18. The third-order valence-corrected chi connectivity index (χ3v) is 6.68. The maximum absolute atomic E-state index is 13.6. The Labute approximate surface area is 161 Å². The lowest BCUT2D eigenvalue weighted by molar-refractivity contribution is 0.361. The third kappa shape index (κ3) is 4.04. The van der Waals surface area contributed by atoms with Gasteiger partial charge in [-0.25, -0.2) is 8.42 Å². The van der Waals surface area contributed by atoms with Gasteiger partial charge in [0.15, 0.2) is 0 Å². The quantitative estimate of drug-likeness (QED) is 0.621. The summed E-state index contributed by atoms with van der Waals surface area (Å²) < 4.78 is 28.8. The van der Waals surface area contributed by atoms with E-state index in [1.54, 1.807) is 28.8 Å². The van der Waals surface area contributed by atoms with Crippen molar-refractivity contribution in [3.05, 3.63) is 71.5 Å². The van der Waals surface area contributed by atoms with Gasteiger partial charge < -0.3 is 0 Å². The van der Waals surface area contributed by atoms with E-state index in [1.807, 2.05) is 58.0 Å². The van der Waals surface area contributed by atoms with Crippen molar-refractivity contribution >= 4 is 20.8 Å². The lowest BCUT2D eigenvalue weighted by Gasteiger charge is -2.26. The van der Waals surface area contributed by atoms with Crippen molar-refractivity contribution in [1.29, 1.82) is 0 Å². The zero-order valence-corrected chi connectivity index (χ0v) is 17.1. The Kier molecular flexibility index (Phi) is 5.63. The van der Waals surface area contributed by atoms with Gasteiger partial charge in [0.2, 0.25) is 10.0 Å². The second-order valence-electron chi connectivity index (χ2n) is 7.41. The van der Waals surface area contributed by atoms with E-state index in [4.69, 9.17) is 0 Å². The van der Waals surface area contributed by atoms with Gasteiger partial charge in [-0.1, -0.05) is 44.2 Å². The minimum atomic E-state index is -3.66. The molecule has 3 rings (SSSR count). The number of benzene rings is 2. The second kappa shape index (κ2) is 7.79. The number of nitrogens with zero attached hydrogens (tertiary/aromatic N) is 2. The SMILES string of the molecule is Cc1cccc(C)c1CN(CC(C)C)S(=O)(=O)c1cccc2ccncc12. The number of pyridine rings is 1. The van der Waals surface area contributed by atoms with Crippen LogP contribution in [-0.4, -0.2) is 24.3 Å². The van der Waals surface area contributed by atoms with Crippen molar-refractivity contribution < 1.29 is 8.42 Å². The number of hydrogen-bond acceptors (Lipinski definition) is 3. The summed E-state index contributed by atoms with van der Waals surface area (Å²) in [5, 5.41) is 1.54. The molecule has 0 fully saturated rings. The monoisotopic (exact) mass is 382 g/mol. The zero-order valence-electron chi connectivity index (χ0n) is 16.3. The highest BCUT2D eigenvalue weighted by Gasteiger charge is 2.28. The third-order valence-electron chi connectivity index (χ3n) is 4.81. The summed E-state index contributed by atoms with van der Waals surface area (Å²) in [6.07, 6.45) is 3.32. The molecule has 1 aromatic heterocycles. The molecule has 0 bridgehead atoms. The minimum absolute atomic E-state index is 0.220. The Morgan fingerprint density at radius 1 is 1.00 bits per heavy atom. The largest absolute Gasteiger partial charge is 0.264 e. The van der Waals surface area contributed by atoms with E-state index in [1.165, 1.54) is 0 Å². The first-order chi connectivity index (χ1) is 12.8. The van der Waals surface area contributed by atoms with Crippen LogP contribution in [0.4, 0.5) is 0 Å². The molecular formula is C22H26N2O2S. The molecule has 0 N–H and O–H groups in total. The minimum Gasteiger partial charge on any atom is -0.264 e. The van der Waals surface area contributed by atoms with Crippen LogP contribution < -0.4 is 0 Å². The van der Waals surface area contributed by atoms with Crippen molar-refractivity contribution in [2.45, 2.75) is 39.1 Å². The predicted molar refractivity (Wildman–Crippen MR) is 110 cm³/mol. The van der Waals surface area contributed by atoms with Crippen molar-refractivity contribution in [1.82, 2.24) is 9.29 Å². The van der Waals surface area contributed by atoms with E-state index in [2.05, 4.69) is 4.98 Å². The highest BCUT2D eigenvalue weighted by molar-refractivity contribution is 7.89. The molecule has 0 saturated carbocycles. The summed E-state index contributed by atoms with van der Waals surface area (Å²) in [5.41, 5.74) is 3.29. The van der Waals surface area contributed by atoms with Gasteiger partial charge in [-0.2, -0.15) is 4.31 Å². The van der Waals surface area contributed by atoms with E-state index in [0.29, 0.717) is 23.4 Å². The van der Waals surface area contributed by atoms with Gasteiger partial charge in [-0.3, -0.25) is 4.98 Å². The fourth-order valence-corrected chi connectivity index (χ4v) is 5.15. The Morgan fingerprint density at radius 2 is 1.67 bits per heavy atom. The van der Waals surface area contributed by atoms with E-state index in [9.17, 15) is 8.42 Å². The average Bonchev–Trinajstić information content (AvgIpc) is 2.63. The van der Waals surface area contributed by atoms with E-state index in [0.717, 1.165) is 22.1 Å². The Balaban J connectivity index is 2.11. The van der Waals surface area contributed by atoms with E-state index < -0.39 is 10.0 Å². The topological polar surface area (TPSA) is 50.3 Å². The molecule has 0 saturated heterocycles. The second-order valence-corrected chi connectivity index (χ2v) is 9.32. The molecule has 1 heterocycles. The van der Waals surface area contributed by atoms with Gasteiger partial charge in [0.1, 0.15) is 0 Å². The highest BCUT2D eigenvalue weighted by Crippen LogP contribution is 2.28. The summed E-state index contributed by atoms with van der Waals surface area (Å²) in [5.74, 6) is 0.220. The van der Waals surface area contributed by atoms with Crippen molar-refractivity contribution in [2.75, 3.05) is 6.54 Å². The van der Waals surface area contributed by atoms with Crippen LogP contribution in [0.3, 0.4) is 0 Å². The van der Waals surface area contributed by atoms with Crippen LogP contribution >= 0.6 is 0 Å². The summed E-state index contributed by atoms with van der Waals surface area (Å²) in [6, 6.07) is 13.3. The molecule has 0 aliphatic carbocycles. The molecule has 142 valence electrons. The summed E-state index contributed by atoms with van der Waals surface area (Å²) >= 11 is 0. The van der Waals surface area contributed by atoms with Crippen LogP contribution in [-0.2, 0) is 16.6 Å². The van der Waals surface area contributed by atoms with Crippen molar-refractivity contribution in [2.24, 2.45) is 5.92 Å². The van der Waals surface area contributed by atoms with Gasteiger partial charge in [0.05, 0.1) is 4.90 Å². The molecule has 5 heteroatoms. The van der Waals surface area contributed by atoms with Crippen molar-refractivity contribution in [3.63, 3.8) is 0 Å². The average molecular weight is 383 g/mol. The van der Waals surface area contributed by atoms with Gasteiger partial charge in [0.25, 0.3) is 0 Å². The van der Waals surface area contributed by atoms with Crippen LogP contribution in [0.1, 0.15) is 30.5 Å². The smallest absolute Gasteiger partial charge is 0.244 e. The number of rotatable bonds is 6. The number of hydrogen-bond donors (Lipinski definition) is 0. The molecule has 0 radical (unpaired) electrons. The molecule has 3 aromatic rings. The molecule has 0 aliphatic rings. The van der Waals surface area contributed by atoms with Gasteiger partial charge in [-0.05, 0) is 54.0 Å². The van der Waals surface area contributed by atoms with Gasteiger partial charge in [0, 0.05) is 30.9 Å². The maximum atomic E-state index is 13.6. The van der Waals surface area contributed by atoms with Crippen molar-refractivity contribution in [3.8, 4) is 0 Å². The maximum Gasteiger partial charge on any atom is 0.244 e. The van der Waals surface area contributed by atoms with Crippen LogP contribution in [0, 0.1) is 19.8 Å². The molecule has 2 aromatic carbocycles. The molecular weight excluding hydrogens is 356 g/mol. The molecule has 0 unspecified atom stereocenters. The Morgan fingerprint density at radius 3 is 2.33 bits per heavy atom. The molecule has 0 atom stereocenters. The van der Waals surface area contributed by atoms with E-state index in [-0.39, 0.29) is 5.92 Å².